The molecule has 0 fully saturated rings. The van der Waals surface area contributed by atoms with Gasteiger partial charge in [0.25, 0.3) is 0 Å². The van der Waals surface area contributed by atoms with E-state index < -0.39 is 6.10 Å². The number of ether oxygens (including phenoxy) is 1. The Balaban J connectivity index is 2.13. The van der Waals surface area contributed by atoms with Crippen LogP contribution in [0.3, 0.4) is 0 Å². The predicted molar refractivity (Wildman–Crippen MR) is 90.2 cm³/mol. The van der Waals surface area contributed by atoms with Gasteiger partial charge in [-0.15, -0.1) is 0 Å². The van der Waals surface area contributed by atoms with Crippen molar-refractivity contribution in [1.82, 2.24) is 0 Å². The van der Waals surface area contributed by atoms with E-state index in [1.165, 1.54) is 44.9 Å². The summed E-state index contributed by atoms with van der Waals surface area (Å²) in [6.45, 7) is 4.69. The summed E-state index contributed by atoms with van der Waals surface area (Å²) in [4.78, 5) is 0. The van der Waals surface area contributed by atoms with Gasteiger partial charge in [0.1, 0.15) is 5.75 Å². The first-order chi connectivity index (χ1) is 10.1. The fourth-order valence-corrected chi connectivity index (χ4v) is 2.56. The van der Waals surface area contributed by atoms with Crippen molar-refractivity contribution in [3.63, 3.8) is 0 Å². The molecule has 0 saturated heterocycles. The topological polar surface area (TPSA) is 29.5 Å². The molecule has 1 N–H and O–H groups in total. The molecular formula is C18H29ClO2. The van der Waals surface area contributed by atoms with E-state index in [-0.39, 0.29) is 0 Å². The zero-order valence-electron chi connectivity index (χ0n) is 13.4. The minimum Gasteiger partial charge on any atom is -0.492 e. The van der Waals surface area contributed by atoms with E-state index in [1.807, 2.05) is 12.1 Å². The molecule has 0 aromatic heterocycles. The number of rotatable bonds is 11. The zero-order chi connectivity index (χ0) is 15.5. The van der Waals surface area contributed by atoms with Gasteiger partial charge in [-0.1, -0.05) is 69.5 Å². The summed E-state index contributed by atoms with van der Waals surface area (Å²) >= 11 is 6.15. The maximum Gasteiger partial charge on any atom is 0.137 e. The molecule has 1 aromatic rings. The number of hydrogen-bond acceptors (Lipinski definition) is 2. The van der Waals surface area contributed by atoms with Crippen LogP contribution >= 0.6 is 11.6 Å². The quantitative estimate of drug-likeness (QED) is 0.514. The lowest BCUT2D eigenvalue weighted by Gasteiger charge is -2.10. The molecule has 1 rings (SSSR count). The molecule has 0 aliphatic rings. The van der Waals surface area contributed by atoms with E-state index in [0.29, 0.717) is 17.4 Å². The van der Waals surface area contributed by atoms with Gasteiger partial charge in [0, 0.05) is 0 Å². The van der Waals surface area contributed by atoms with Crippen molar-refractivity contribution in [2.45, 2.75) is 71.3 Å². The van der Waals surface area contributed by atoms with Crippen LogP contribution in [0.2, 0.25) is 5.02 Å². The summed E-state index contributed by atoms with van der Waals surface area (Å²) in [6, 6.07) is 5.48. The normalized spacial score (nSPS) is 12.4. The second-order valence-corrected chi connectivity index (χ2v) is 6.10. The molecule has 21 heavy (non-hydrogen) atoms. The number of halogens is 1. The lowest BCUT2D eigenvalue weighted by atomic mass is 10.1. The van der Waals surface area contributed by atoms with Crippen molar-refractivity contribution in [3.05, 3.63) is 28.8 Å². The monoisotopic (exact) mass is 312 g/mol. The highest BCUT2D eigenvalue weighted by atomic mass is 35.5. The molecule has 0 aliphatic heterocycles. The van der Waals surface area contributed by atoms with Crippen LogP contribution < -0.4 is 4.74 Å². The van der Waals surface area contributed by atoms with Crippen molar-refractivity contribution in [2.24, 2.45) is 0 Å². The Hall–Kier alpha value is -0.730. The van der Waals surface area contributed by atoms with Crippen molar-refractivity contribution >= 4 is 11.6 Å². The summed E-state index contributed by atoms with van der Waals surface area (Å²) in [5, 5.41) is 10.1. The summed E-state index contributed by atoms with van der Waals surface area (Å²) in [5.41, 5.74) is 0.819. The minimum absolute atomic E-state index is 0.496. The van der Waals surface area contributed by atoms with Gasteiger partial charge in [0.2, 0.25) is 0 Å². The summed E-state index contributed by atoms with van der Waals surface area (Å²) < 4.78 is 5.70. The lowest BCUT2D eigenvalue weighted by molar-refractivity contribution is 0.199. The fourth-order valence-electron chi connectivity index (χ4n) is 2.31. The Kier molecular flexibility index (Phi) is 9.53. The molecule has 0 heterocycles. The molecule has 0 spiro atoms. The highest BCUT2D eigenvalue weighted by Crippen LogP contribution is 2.28. The molecule has 0 bridgehead atoms. The molecule has 120 valence electrons. The first kappa shape index (κ1) is 18.3. The number of aliphatic hydroxyl groups excluding tert-OH is 1. The molecule has 3 heteroatoms. The predicted octanol–water partition coefficient (Wildman–Crippen LogP) is 5.91. The Morgan fingerprint density at radius 2 is 1.67 bits per heavy atom. The average Bonchev–Trinajstić information content (AvgIpc) is 2.46. The van der Waals surface area contributed by atoms with Gasteiger partial charge >= 0.3 is 0 Å². The second-order valence-electron chi connectivity index (χ2n) is 5.69. The maximum absolute atomic E-state index is 9.49. The SMILES string of the molecule is CCCCCCCCCCOc1ccc(C(C)O)cc1Cl. The molecule has 1 atom stereocenters. The van der Waals surface area contributed by atoms with Crippen LogP contribution in [0, 0.1) is 0 Å². The lowest BCUT2D eigenvalue weighted by Crippen LogP contribution is -1.99. The third-order valence-electron chi connectivity index (χ3n) is 3.69. The zero-order valence-corrected chi connectivity index (χ0v) is 14.2. The van der Waals surface area contributed by atoms with Crippen LogP contribution in [0.4, 0.5) is 0 Å². The van der Waals surface area contributed by atoms with Crippen molar-refractivity contribution < 1.29 is 9.84 Å². The Morgan fingerprint density at radius 1 is 1.05 bits per heavy atom. The standard InChI is InChI=1S/C18H29ClO2/c1-3-4-5-6-7-8-9-10-13-21-18-12-11-16(15(2)20)14-17(18)19/h11-12,14-15,20H,3-10,13H2,1-2H3. The number of aliphatic hydroxyl groups is 1. The molecular weight excluding hydrogens is 284 g/mol. The minimum atomic E-state index is -0.496. The molecule has 0 amide bonds. The molecule has 0 aliphatic carbocycles. The smallest absolute Gasteiger partial charge is 0.137 e. The van der Waals surface area contributed by atoms with Crippen LogP contribution in [-0.4, -0.2) is 11.7 Å². The molecule has 0 radical (unpaired) electrons. The van der Waals surface area contributed by atoms with E-state index >= 15 is 0 Å². The largest absolute Gasteiger partial charge is 0.492 e. The third-order valence-corrected chi connectivity index (χ3v) is 3.99. The molecule has 1 aromatic carbocycles. The van der Waals surface area contributed by atoms with Crippen LogP contribution in [0.1, 0.15) is 76.9 Å². The van der Waals surface area contributed by atoms with Crippen molar-refractivity contribution in [1.29, 1.82) is 0 Å². The van der Waals surface area contributed by atoms with Gasteiger partial charge in [-0.05, 0) is 31.0 Å². The summed E-state index contributed by atoms with van der Waals surface area (Å²) in [7, 11) is 0. The van der Waals surface area contributed by atoms with E-state index in [2.05, 4.69) is 6.92 Å². The molecule has 1 unspecified atom stereocenters. The number of unbranched alkanes of at least 4 members (excludes halogenated alkanes) is 7. The van der Waals surface area contributed by atoms with Gasteiger partial charge < -0.3 is 9.84 Å². The first-order valence-corrected chi connectivity index (χ1v) is 8.63. The van der Waals surface area contributed by atoms with Crippen LogP contribution in [0.5, 0.6) is 5.75 Å². The first-order valence-electron chi connectivity index (χ1n) is 8.25. The number of benzene rings is 1. The Morgan fingerprint density at radius 3 is 2.24 bits per heavy atom. The van der Waals surface area contributed by atoms with Crippen molar-refractivity contribution in [3.8, 4) is 5.75 Å². The van der Waals surface area contributed by atoms with Gasteiger partial charge in [-0.25, -0.2) is 0 Å². The van der Waals surface area contributed by atoms with Gasteiger partial charge in [-0.2, -0.15) is 0 Å². The molecule has 2 nitrogen and oxygen atoms in total. The van der Waals surface area contributed by atoms with Gasteiger partial charge in [0.15, 0.2) is 0 Å². The van der Waals surface area contributed by atoms with E-state index in [4.69, 9.17) is 16.3 Å². The number of hydrogen-bond donors (Lipinski definition) is 1. The Labute approximate surface area is 134 Å². The van der Waals surface area contributed by atoms with Crippen LogP contribution in [0.15, 0.2) is 18.2 Å². The van der Waals surface area contributed by atoms with E-state index in [0.717, 1.165) is 12.0 Å². The summed E-state index contributed by atoms with van der Waals surface area (Å²) in [5.74, 6) is 0.712. The third kappa shape index (κ3) is 7.73. The highest BCUT2D eigenvalue weighted by Gasteiger charge is 2.06. The molecule has 0 saturated carbocycles. The Bertz CT molecular complexity index is 391. The van der Waals surface area contributed by atoms with Gasteiger partial charge in [-0.3, -0.25) is 0 Å². The maximum atomic E-state index is 9.49. The van der Waals surface area contributed by atoms with Crippen LogP contribution in [0.25, 0.3) is 0 Å². The van der Waals surface area contributed by atoms with Crippen LogP contribution in [-0.2, 0) is 0 Å². The summed E-state index contributed by atoms with van der Waals surface area (Å²) in [6.07, 6.45) is 9.83. The average molecular weight is 313 g/mol. The van der Waals surface area contributed by atoms with E-state index in [9.17, 15) is 5.11 Å². The second kappa shape index (κ2) is 10.9. The van der Waals surface area contributed by atoms with Crippen molar-refractivity contribution in [2.75, 3.05) is 6.61 Å². The fraction of sp³-hybridized carbons (Fsp3) is 0.667. The van der Waals surface area contributed by atoms with Gasteiger partial charge in [0.05, 0.1) is 17.7 Å². The highest BCUT2D eigenvalue weighted by molar-refractivity contribution is 6.32. The van der Waals surface area contributed by atoms with E-state index in [1.54, 1.807) is 13.0 Å².